The van der Waals surface area contributed by atoms with Gasteiger partial charge in [0, 0.05) is 12.6 Å². The minimum Gasteiger partial charge on any atom is -0.446 e. The molecule has 1 rings (SSSR count). The molecule has 0 spiro atoms. The number of amides is 1. The van der Waals surface area contributed by atoms with E-state index in [1.807, 2.05) is 4.72 Å². The number of hydrogen-bond acceptors (Lipinski definition) is 5. The normalized spacial score (nSPS) is 16.5. The molecule has 1 fully saturated rings. The van der Waals surface area contributed by atoms with Gasteiger partial charge in [-0.25, -0.2) is 9.52 Å². The number of nitrogens with one attached hydrogen (secondary N) is 1. The Morgan fingerprint density at radius 2 is 2.11 bits per heavy atom. The Hall–Kier alpha value is -0.860. The third-order valence-electron chi connectivity index (χ3n) is 2.93. The molecule has 0 radical (unpaired) electrons. The smallest absolute Gasteiger partial charge is 0.422 e. The Morgan fingerprint density at radius 3 is 2.53 bits per heavy atom. The third-order valence-corrected chi connectivity index (χ3v) is 4.45. The van der Waals surface area contributed by atoms with Crippen molar-refractivity contribution in [3.8, 4) is 0 Å². The molecule has 112 valence electrons. The summed E-state index contributed by atoms with van der Waals surface area (Å²) < 4.78 is 32.3. The zero-order valence-electron chi connectivity index (χ0n) is 11.5. The van der Waals surface area contributed by atoms with Crippen molar-refractivity contribution in [3.05, 3.63) is 0 Å². The number of nitrogens with zero attached hydrogens (tertiary/aromatic N) is 1. The Bertz CT molecular complexity index is 393. The van der Waals surface area contributed by atoms with E-state index < -0.39 is 16.3 Å². The summed E-state index contributed by atoms with van der Waals surface area (Å²) in [6.45, 7) is 4.05. The minimum absolute atomic E-state index is 0.0316. The molecule has 0 bridgehead atoms. The Balaban J connectivity index is 2.66. The molecule has 1 amide bonds. The topological polar surface area (TPSA) is 102 Å². The van der Waals surface area contributed by atoms with Crippen molar-refractivity contribution in [2.75, 3.05) is 13.1 Å². The van der Waals surface area contributed by atoms with E-state index in [2.05, 4.69) is 0 Å². The maximum Gasteiger partial charge on any atom is 0.422 e. The van der Waals surface area contributed by atoms with E-state index in [4.69, 9.17) is 10.5 Å². The first-order valence-corrected chi connectivity index (χ1v) is 8.01. The van der Waals surface area contributed by atoms with Gasteiger partial charge in [-0.15, -0.1) is 0 Å². The van der Waals surface area contributed by atoms with Crippen LogP contribution >= 0.6 is 0 Å². The summed E-state index contributed by atoms with van der Waals surface area (Å²) in [7, 11) is -3.85. The predicted octanol–water partition coefficient (Wildman–Crippen LogP) is 0.569. The lowest BCUT2D eigenvalue weighted by Crippen LogP contribution is -2.51. The summed E-state index contributed by atoms with van der Waals surface area (Å²) in [6, 6.07) is -0.0316. The van der Waals surface area contributed by atoms with E-state index >= 15 is 0 Å². The van der Waals surface area contributed by atoms with Crippen molar-refractivity contribution in [1.82, 2.24) is 9.03 Å². The van der Waals surface area contributed by atoms with Crippen molar-refractivity contribution in [2.45, 2.75) is 51.7 Å². The van der Waals surface area contributed by atoms with Gasteiger partial charge < -0.3 is 10.5 Å². The molecule has 0 unspecified atom stereocenters. The molecule has 0 aromatic rings. The van der Waals surface area contributed by atoms with Gasteiger partial charge in [0.05, 0.1) is 6.10 Å². The van der Waals surface area contributed by atoms with Crippen molar-refractivity contribution in [1.29, 1.82) is 0 Å². The first-order valence-electron chi connectivity index (χ1n) is 6.57. The second-order valence-electron chi connectivity index (χ2n) is 4.90. The molecule has 0 heterocycles. The second kappa shape index (κ2) is 7.06. The molecule has 7 nitrogen and oxygen atoms in total. The number of rotatable bonds is 7. The van der Waals surface area contributed by atoms with E-state index in [1.165, 1.54) is 4.31 Å². The summed E-state index contributed by atoms with van der Waals surface area (Å²) >= 11 is 0. The fraction of sp³-hybridized carbons (Fsp3) is 0.909. The maximum absolute atomic E-state index is 12.1. The molecule has 1 aliphatic rings. The standard InChI is InChI=1S/C11H23N3O4S/c1-9(2)18-11(15)13-19(16,17)14(8-4-7-12)10-5-3-6-10/h9-10H,3-8,12H2,1-2H3,(H,13,15). The van der Waals surface area contributed by atoms with Crippen LogP contribution in [-0.2, 0) is 14.9 Å². The highest BCUT2D eigenvalue weighted by Crippen LogP contribution is 2.26. The molecular formula is C11H23N3O4S. The fourth-order valence-corrected chi connectivity index (χ4v) is 3.17. The quantitative estimate of drug-likeness (QED) is 0.714. The average Bonchev–Trinajstić information content (AvgIpc) is 2.18. The SMILES string of the molecule is CC(C)OC(=O)NS(=O)(=O)N(CCCN)C1CCC1. The van der Waals surface area contributed by atoms with Crippen LogP contribution < -0.4 is 10.5 Å². The summed E-state index contributed by atoms with van der Waals surface area (Å²) in [4.78, 5) is 11.4. The molecule has 0 atom stereocenters. The fourth-order valence-electron chi connectivity index (χ4n) is 1.82. The zero-order chi connectivity index (χ0) is 14.5. The molecule has 0 aromatic heterocycles. The van der Waals surface area contributed by atoms with Crippen LogP contribution in [0.1, 0.15) is 39.5 Å². The van der Waals surface area contributed by atoms with E-state index in [-0.39, 0.29) is 12.1 Å². The zero-order valence-corrected chi connectivity index (χ0v) is 12.3. The number of hydrogen-bond donors (Lipinski definition) is 2. The number of carbonyl (C=O) groups is 1. The maximum atomic E-state index is 12.1. The van der Waals surface area contributed by atoms with Gasteiger partial charge in [-0.2, -0.15) is 12.7 Å². The van der Waals surface area contributed by atoms with Crippen molar-refractivity contribution >= 4 is 16.3 Å². The molecule has 8 heteroatoms. The largest absolute Gasteiger partial charge is 0.446 e. The van der Waals surface area contributed by atoms with Crippen LogP contribution in [0.4, 0.5) is 4.79 Å². The average molecular weight is 293 g/mol. The number of ether oxygens (including phenoxy) is 1. The van der Waals surface area contributed by atoms with E-state index in [0.29, 0.717) is 19.5 Å². The summed E-state index contributed by atoms with van der Waals surface area (Å²) in [5, 5.41) is 0. The van der Waals surface area contributed by atoms with Gasteiger partial charge in [0.1, 0.15) is 0 Å². The van der Waals surface area contributed by atoms with Crippen LogP contribution in [0.25, 0.3) is 0 Å². The number of nitrogens with two attached hydrogens (primary N) is 1. The molecular weight excluding hydrogens is 270 g/mol. The minimum atomic E-state index is -3.85. The van der Waals surface area contributed by atoms with Gasteiger partial charge in [0.2, 0.25) is 0 Å². The van der Waals surface area contributed by atoms with Crippen LogP contribution in [-0.4, -0.2) is 44.1 Å². The molecule has 0 saturated heterocycles. The van der Waals surface area contributed by atoms with Gasteiger partial charge in [0.25, 0.3) is 0 Å². The van der Waals surface area contributed by atoms with Crippen LogP contribution in [0.2, 0.25) is 0 Å². The first-order chi connectivity index (χ1) is 8.86. The lowest BCUT2D eigenvalue weighted by Gasteiger charge is -2.36. The second-order valence-corrected chi connectivity index (χ2v) is 6.52. The summed E-state index contributed by atoms with van der Waals surface area (Å²) in [5.41, 5.74) is 5.41. The van der Waals surface area contributed by atoms with Gasteiger partial charge in [-0.1, -0.05) is 6.42 Å². The number of carbonyl (C=O) groups excluding carboxylic acids is 1. The molecule has 19 heavy (non-hydrogen) atoms. The van der Waals surface area contributed by atoms with E-state index in [0.717, 1.165) is 19.3 Å². The lowest BCUT2D eigenvalue weighted by atomic mass is 9.93. The summed E-state index contributed by atoms with van der Waals surface area (Å²) in [5.74, 6) is 0. The van der Waals surface area contributed by atoms with Crippen LogP contribution in [0.5, 0.6) is 0 Å². The van der Waals surface area contributed by atoms with Gasteiger partial charge >= 0.3 is 16.3 Å². The Labute approximate surface area is 114 Å². The molecule has 0 aliphatic heterocycles. The molecule has 0 aromatic carbocycles. The predicted molar refractivity (Wildman–Crippen MR) is 71.7 cm³/mol. The van der Waals surface area contributed by atoms with Crippen molar-refractivity contribution in [2.24, 2.45) is 5.73 Å². The van der Waals surface area contributed by atoms with E-state index in [1.54, 1.807) is 13.8 Å². The highest BCUT2D eigenvalue weighted by molar-refractivity contribution is 7.87. The highest BCUT2D eigenvalue weighted by atomic mass is 32.2. The van der Waals surface area contributed by atoms with Gasteiger partial charge in [0.15, 0.2) is 0 Å². The molecule has 1 saturated carbocycles. The monoisotopic (exact) mass is 293 g/mol. The molecule has 3 N–H and O–H groups in total. The van der Waals surface area contributed by atoms with Gasteiger partial charge in [-0.05, 0) is 39.7 Å². The molecule has 1 aliphatic carbocycles. The summed E-state index contributed by atoms with van der Waals surface area (Å²) in [6.07, 6.45) is 1.92. The first kappa shape index (κ1) is 16.2. The third kappa shape index (κ3) is 4.96. The van der Waals surface area contributed by atoms with E-state index in [9.17, 15) is 13.2 Å². The Kier molecular flexibility index (Phi) is 6.02. The van der Waals surface area contributed by atoms with Crippen molar-refractivity contribution in [3.63, 3.8) is 0 Å². The van der Waals surface area contributed by atoms with Crippen LogP contribution in [0.15, 0.2) is 0 Å². The Morgan fingerprint density at radius 1 is 1.47 bits per heavy atom. The highest BCUT2D eigenvalue weighted by Gasteiger charge is 2.34. The lowest BCUT2D eigenvalue weighted by molar-refractivity contribution is 0.120. The van der Waals surface area contributed by atoms with Gasteiger partial charge in [-0.3, -0.25) is 0 Å². The van der Waals surface area contributed by atoms with Crippen LogP contribution in [0, 0.1) is 0 Å². The van der Waals surface area contributed by atoms with Crippen LogP contribution in [0.3, 0.4) is 0 Å². The van der Waals surface area contributed by atoms with Crippen molar-refractivity contribution < 1.29 is 17.9 Å².